The minimum atomic E-state index is -0.119. The highest BCUT2D eigenvalue weighted by Crippen LogP contribution is 2.34. The van der Waals surface area contributed by atoms with Gasteiger partial charge in [0, 0.05) is 17.5 Å². The summed E-state index contributed by atoms with van der Waals surface area (Å²) < 4.78 is 6.47. The predicted molar refractivity (Wildman–Crippen MR) is 85.0 cm³/mol. The largest absolute Gasteiger partial charge is 0.461 e. The van der Waals surface area contributed by atoms with Gasteiger partial charge < -0.3 is 9.73 Å². The third-order valence-corrected chi connectivity index (χ3v) is 3.62. The van der Waals surface area contributed by atoms with Crippen LogP contribution in [0.2, 0.25) is 0 Å². The van der Waals surface area contributed by atoms with Gasteiger partial charge in [0.25, 0.3) is 0 Å². The Balaban J connectivity index is 2.67. The van der Waals surface area contributed by atoms with Gasteiger partial charge in [-0.1, -0.05) is 20.8 Å². The van der Waals surface area contributed by atoms with Gasteiger partial charge in [0.2, 0.25) is 0 Å². The number of furan rings is 1. The van der Waals surface area contributed by atoms with E-state index in [0.717, 1.165) is 39.7 Å². The second-order valence-electron chi connectivity index (χ2n) is 5.75. The van der Waals surface area contributed by atoms with E-state index in [1.807, 2.05) is 13.0 Å². The van der Waals surface area contributed by atoms with E-state index in [0.29, 0.717) is 0 Å². The first-order valence-electron chi connectivity index (χ1n) is 6.71. The van der Waals surface area contributed by atoms with Crippen molar-refractivity contribution in [2.75, 3.05) is 11.9 Å². The van der Waals surface area contributed by atoms with Crippen LogP contribution in [0, 0.1) is 6.92 Å². The minimum absolute atomic E-state index is 0.119. The molecule has 5 heteroatoms. The minimum Gasteiger partial charge on any atom is -0.461 e. The quantitative estimate of drug-likeness (QED) is 0.893. The Morgan fingerprint density at radius 2 is 2.00 bits per heavy atom. The first kappa shape index (κ1) is 15.0. The van der Waals surface area contributed by atoms with E-state index in [4.69, 9.17) is 9.40 Å². The fourth-order valence-corrected chi connectivity index (χ4v) is 2.26. The molecule has 4 nitrogen and oxygen atoms in total. The van der Waals surface area contributed by atoms with E-state index in [1.54, 1.807) is 6.26 Å². The lowest BCUT2D eigenvalue weighted by molar-refractivity contribution is 0.540. The molecule has 0 spiro atoms. The van der Waals surface area contributed by atoms with Crippen LogP contribution in [-0.4, -0.2) is 16.5 Å². The Labute approximate surface area is 128 Å². The van der Waals surface area contributed by atoms with Crippen molar-refractivity contribution in [2.24, 2.45) is 0 Å². The second kappa shape index (κ2) is 5.56. The molecule has 0 bridgehead atoms. The number of aromatic nitrogens is 2. The van der Waals surface area contributed by atoms with E-state index >= 15 is 0 Å². The van der Waals surface area contributed by atoms with Crippen molar-refractivity contribution in [1.82, 2.24) is 9.97 Å². The second-order valence-corrected chi connectivity index (χ2v) is 6.60. The van der Waals surface area contributed by atoms with Gasteiger partial charge in [-0.15, -0.1) is 0 Å². The molecule has 0 saturated heterocycles. The van der Waals surface area contributed by atoms with Crippen LogP contribution in [0.1, 0.15) is 39.1 Å². The number of anilines is 1. The Morgan fingerprint density at radius 1 is 1.30 bits per heavy atom. The van der Waals surface area contributed by atoms with Crippen LogP contribution in [0.3, 0.4) is 0 Å². The van der Waals surface area contributed by atoms with Crippen molar-refractivity contribution in [3.8, 4) is 11.5 Å². The van der Waals surface area contributed by atoms with Crippen LogP contribution >= 0.6 is 15.9 Å². The predicted octanol–water partition coefficient (Wildman–Crippen LogP) is 4.54. The molecule has 2 heterocycles. The zero-order valence-electron chi connectivity index (χ0n) is 12.5. The van der Waals surface area contributed by atoms with Gasteiger partial charge in [-0.05, 0) is 35.8 Å². The lowest BCUT2D eigenvalue weighted by Gasteiger charge is -2.20. The average molecular weight is 338 g/mol. The van der Waals surface area contributed by atoms with Crippen molar-refractivity contribution in [2.45, 2.75) is 40.0 Å². The molecule has 0 radical (unpaired) electrons. The van der Waals surface area contributed by atoms with Crippen molar-refractivity contribution in [3.63, 3.8) is 0 Å². The molecule has 2 rings (SSSR count). The smallest absolute Gasteiger partial charge is 0.166 e. The molecule has 0 aromatic carbocycles. The fraction of sp³-hybridized carbons (Fsp3) is 0.467. The van der Waals surface area contributed by atoms with Gasteiger partial charge in [0.1, 0.15) is 17.3 Å². The van der Waals surface area contributed by atoms with E-state index in [9.17, 15) is 0 Å². The molecule has 2 aromatic heterocycles. The van der Waals surface area contributed by atoms with Crippen molar-refractivity contribution in [3.05, 3.63) is 28.2 Å². The Morgan fingerprint density at radius 3 is 2.50 bits per heavy atom. The fourth-order valence-electron chi connectivity index (χ4n) is 1.88. The first-order valence-corrected chi connectivity index (χ1v) is 7.50. The Kier molecular flexibility index (Phi) is 4.18. The van der Waals surface area contributed by atoms with Crippen LogP contribution in [0.4, 0.5) is 5.82 Å². The van der Waals surface area contributed by atoms with Gasteiger partial charge in [-0.3, -0.25) is 0 Å². The number of nitrogens with one attached hydrogen (secondary N) is 1. The van der Waals surface area contributed by atoms with Crippen LogP contribution in [-0.2, 0) is 5.41 Å². The lowest BCUT2D eigenvalue weighted by Crippen LogP contribution is -2.19. The third-order valence-electron chi connectivity index (χ3n) is 2.99. The summed E-state index contributed by atoms with van der Waals surface area (Å²) in [6.45, 7) is 11.2. The van der Waals surface area contributed by atoms with Crippen LogP contribution in [0.5, 0.6) is 0 Å². The van der Waals surface area contributed by atoms with E-state index in [2.05, 4.69) is 53.9 Å². The van der Waals surface area contributed by atoms with Crippen LogP contribution in [0.15, 0.2) is 21.2 Å². The van der Waals surface area contributed by atoms with Crippen LogP contribution in [0.25, 0.3) is 11.5 Å². The summed E-state index contributed by atoms with van der Waals surface area (Å²) in [6, 6.07) is 1.88. The summed E-state index contributed by atoms with van der Waals surface area (Å²) in [5, 5.41) is 3.30. The maximum absolute atomic E-state index is 5.57. The molecule has 0 aliphatic heterocycles. The number of rotatable bonds is 3. The van der Waals surface area contributed by atoms with Gasteiger partial charge in [0.05, 0.1) is 10.7 Å². The van der Waals surface area contributed by atoms with E-state index in [-0.39, 0.29) is 5.41 Å². The van der Waals surface area contributed by atoms with Gasteiger partial charge in [-0.2, -0.15) is 0 Å². The summed E-state index contributed by atoms with van der Waals surface area (Å²) in [4.78, 5) is 9.37. The maximum atomic E-state index is 5.57. The maximum Gasteiger partial charge on any atom is 0.166 e. The zero-order valence-corrected chi connectivity index (χ0v) is 14.1. The summed E-state index contributed by atoms with van der Waals surface area (Å²) in [6.07, 6.45) is 1.66. The summed E-state index contributed by atoms with van der Waals surface area (Å²) in [5.41, 5.74) is 1.71. The van der Waals surface area contributed by atoms with Crippen LogP contribution < -0.4 is 5.32 Å². The molecule has 0 atom stereocenters. The monoisotopic (exact) mass is 337 g/mol. The normalized spacial score (nSPS) is 11.7. The van der Waals surface area contributed by atoms with Crippen molar-refractivity contribution in [1.29, 1.82) is 0 Å². The standard InChI is InChI=1S/C15H20BrN3O/c1-6-17-13-9(2)11(12-10(16)7-8-20-12)18-14(19-13)15(3,4)5/h7-8H,6H2,1-5H3,(H,17,18,19). The van der Waals surface area contributed by atoms with Crippen molar-refractivity contribution < 1.29 is 4.42 Å². The summed E-state index contributed by atoms with van der Waals surface area (Å²) in [5.74, 6) is 2.41. The Bertz CT molecular complexity index is 614. The molecule has 0 unspecified atom stereocenters. The highest BCUT2D eigenvalue weighted by molar-refractivity contribution is 9.10. The number of nitrogens with zero attached hydrogens (tertiary/aromatic N) is 2. The number of hydrogen-bond donors (Lipinski definition) is 1. The molecule has 0 fully saturated rings. The molecule has 2 aromatic rings. The average Bonchev–Trinajstić information content (AvgIpc) is 2.77. The first-order chi connectivity index (χ1) is 9.34. The highest BCUT2D eigenvalue weighted by atomic mass is 79.9. The SMILES string of the molecule is CCNc1nc(C(C)(C)C)nc(-c2occc2Br)c1C. The zero-order chi connectivity index (χ0) is 14.9. The van der Waals surface area contributed by atoms with Crippen molar-refractivity contribution >= 4 is 21.7 Å². The molecular weight excluding hydrogens is 318 g/mol. The summed E-state index contributed by atoms with van der Waals surface area (Å²) >= 11 is 3.50. The number of hydrogen-bond acceptors (Lipinski definition) is 4. The Hall–Kier alpha value is -1.36. The third kappa shape index (κ3) is 2.87. The molecule has 20 heavy (non-hydrogen) atoms. The number of halogens is 1. The van der Waals surface area contributed by atoms with Gasteiger partial charge in [0.15, 0.2) is 5.76 Å². The van der Waals surface area contributed by atoms with Gasteiger partial charge >= 0.3 is 0 Å². The van der Waals surface area contributed by atoms with E-state index < -0.39 is 0 Å². The topological polar surface area (TPSA) is 51.0 Å². The molecule has 0 aliphatic rings. The lowest BCUT2D eigenvalue weighted by atomic mass is 9.95. The summed E-state index contributed by atoms with van der Waals surface area (Å²) in [7, 11) is 0. The molecule has 0 saturated carbocycles. The van der Waals surface area contributed by atoms with E-state index in [1.165, 1.54) is 0 Å². The molecule has 108 valence electrons. The molecule has 1 N–H and O–H groups in total. The van der Waals surface area contributed by atoms with Gasteiger partial charge in [-0.25, -0.2) is 9.97 Å². The highest BCUT2D eigenvalue weighted by Gasteiger charge is 2.23. The molecule has 0 amide bonds. The molecule has 0 aliphatic carbocycles. The molecular formula is C15H20BrN3O.